The van der Waals surface area contributed by atoms with Crippen LogP contribution in [0.3, 0.4) is 0 Å². The van der Waals surface area contributed by atoms with Crippen LogP contribution in [0.1, 0.15) is 34.2 Å². The minimum Gasteiger partial charge on any atom is -0.497 e. The van der Waals surface area contributed by atoms with Gasteiger partial charge in [0.2, 0.25) is 0 Å². The molecule has 0 unspecified atom stereocenters. The Balaban J connectivity index is 0.00000190. The molecule has 0 aliphatic carbocycles. The van der Waals surface area contributed by atoms with Crippen molar-refractivity contribution in [1.29, 1.82) is 0 Å². The predicted octanol–water partition coefficient (Wildman–Crippen LogP) is 6.25. The quantitative estimate of drug-likeness (QED) is 0.239. The fourth-order valence-corrected chi connectivity index (χ4v) is 4.29. The van der Waals surface area contributed by atoms with E-state index < -0.39 is 0 Å². The maximum Gasteiger partial charge on any atom is 0.255 e. The zero-order chi connectivity index (χ0) is 24.2. The maximum absolute atomic E-state index is 12.6. The van der Waals surface area contributed by atoms with Gasteiger partial charge in [-0.1, -0.05) is 13.5 Å². The highest BCUT2D eigenvalue weighted by atomic mass is 32.2. The van der Waals surface area contributed by atoms with E-state index in [9.17, 15) is 4.79 Å². The molecule has 0 spiro atoms. The molecule has 2 aromatic carbocycles. The van der Waals surface area contributed by atoms with Gasteiger partial charge in [0.05, 0.1) is 7.11 Å². The molecule has 1 aliphatic rings. The number of ether oxygens (including phenoxy) is 1. The normalized spacial score (nSPS) is 12.3. The van der Waals surface area contributed by atoms with Crippen LogP contribution in [0.25, 0.3) is 0 Å². The molecule has 0 atom stereocenters. The molecule has 9 nitrogen and oxygen atoms in total. The van der Waals surface area contributed by atoms with Gasteiger partial charge in [-0.05, 0) is 67.6 Å². The zero-order valence-electron chi connectivity index (χ0n) is 19.4. The topological polar surface area (TPSA) is 108 Å². The highest BCUT2D eigenvalue weighted by molar-refractivity contribution is 7.99. The van der Waals surface area contributed by atoms with Crippen LogP contribution in [0, 0.1) is 6.92 Å². The first-order valence-corrected chi connectivity index (χ1v) is 12.0. The Morgan fingerprint density at radius 3 is 2.56 bits per heavy atom. The minimum absolute atomic E-state index is 0. The maximum atomic E-state index is 12.6. The van der Waals surface area contributed by atoms with Crippen molar-refractivity contribution in [2.24, 2.45) is 0 Å². The minimum atomic E-state index is -0.195. The molecule has 0 saturated carbocycles. The van der Waals surface area contributed by atoms with Gasteiger partial charge in [0.1, 0.15) is 17.4 Å². The van der Waals surface area contributed by atoms with Gasteiger partial charge in [-0.2, -0.15) is 5.10 Å². The highest BCUT2D eigenvalue weighted by Crippen LogP contribution is 2.31. The Labute approximate surface area is 219 Å². The van der Waals surface area contributed by atoms with Gasteiger partial charge in [0.15, 0.2) is 11.0 Å². The monoisotopic (exact) mass is 509 g/mol. The standard InChI is InChI=1S/C25H25N7O2S.CH4.3H2/c1-16-13-22(31-30-16)27-21-15-23(32-11-4-12-32)29-25(28-21)35-20-9-7-18(8-10-20)26-24(33)17-5-3-6-19(14-17)34-2;;;;/h3,5-10,13-15H,4,11-12H2,1-2H3,(H,26,33)(H2,27,28,29,30,31);1H4;3*1H. The number of methoxy groups -OCH3 is 1. The molecular weight excluding hydrogens is 474 g/mol. The van der Waals surface area contributed by atoms with Crippen LogP contribution in [-0.4, -0.2) is 46.3 Å². The summed E-state index contributed by atoms with van der Waals surface area (Å²) in [5.41, 5.74) is 2.21. The zero-order valence-corrected chi connectivity index (χ0v) is 20.2. The smallest absolute Gasteiger partial charge is 0.255 e. The molecule has 3 N–H and O–H groups in total. The highest BCUT2D eigenvalue weighted by Gasteiger charge is 2.18. The summed E-state index contributed by atoms with van der Waals surface area (Å²) >= 11 is 1.47. The number of aryl methyl sites for hydroxylation is 1. The third-order valence-electron chi connectivity index (χ3n) is 5.49. The number of rotatable bonds is 8. The van der Waals surface area contributed by atoms with Crippen molar-refractivity contribution in [2.45, 2.75) is 30.8 Å². The number of carbonyl (C=O) groups is 1. The van der Waals surface area contributed by atoms with Crippen LogP contribution in [0.5, 0.6) is 5.75 Å². The average molecular weight is 510 g/mol. The van der Waals surface area contributed by atoms with Crippen molar-refractivity contribution in [2.75, 3.05) is 35.7 Å². The number of benzene rings is 2. The number of hydrogen-bond donors (Lipinski definition) is 3. The van der Waals surface area contributed by atoms with E-state index in [1.165, 1.54) is 11.8 Å². The third-order valence-corrected chi connectivity index (χ3v) is 6.36. The Bertz CT molecular complexity index is 1350. The second-order valence-electron chi connectivity index (χ2n) is 8.11. The van der Waals surface area contributed by atoms with E-state index in [0.717, 1.165) is 35.9 Å². The molecule has 10 heteroatoms. The Morgan fingerprint density at radius 1 is 1.08 bits per heavy atom. The van der Waals surface area contributed by atoms with E-state index in [0.29, 0.717) is 33.8 Å². The van der Waals surface area contributed by atoms with Crippen LogP contribution in [0.2, 0.25) is 0 Å². The number of amides is 1. The molecule has 3 heterocycles. The molecule has 2 aromatic heterocycles. The van der Waals surface area contributed by atoms with Crippen molar-refractivity contribution in [3.05, 3.63) is 71.9 Å². The average Bonchev–Trinajstić information content (AvgIpc) is 3.23. The van der Waals surface area contributed by atoms with Crippen LogP contribution >= 0.6 is 11.8 Å². The fraction of sp³-hybridized carbons (Fsp3) is 0.231. The second kappa shape index (κ2) is 11.1. The number of H-pyrrole nitrogens is 1. The molecule has 4 aromatic rings. The summed E-state index contributed by atoms with van der Waals surface area (Å²) in [6.07, 6.45) is 1.16. The number of anilines is 4. The van der Waals surface area contributed by atoms with Crippen molar-refractivity contribution in [1.82, 2.24) is 20.2 Å². The third kappa shape index (κ3) is 5.95. The van der Waals surface area contributed by atoms with E-state index in [-0.39, 0.29) is 17.6 Å². The molecule has 5 rings (SSSR count). The van der Waals surface area contributed by atoms with Gasteiger partial charge in [0, 0.05) is 51.3 Å². The van der Waals surface area contributed by atoms with Crippen LogP contribution in [0.4, 0.5) is 23.1 Å². The molecule has 0 radical (unpaired) electrons. The largest absolute Gasteiger partial charge is 0.497 e. The molecular formula is C26H35N7O2S. The lowest BCUT2D eigenvalue weighted by atomic mass is 10.2. The van der Waals surface area contributed by atoms with Crippen molar-refractivity contribution >= 4 is 40.8 Å². The Kier molecular flexibility index (Phi) is 7.74. The van der Waals surface area contributed by atoms with Crippen molar-refractivity contribution in [3.63, 3.8) is 0 Å². The van der Waals surface area contributed by atoms with Gasteiger partial charge >= 0.3 is 0 Å². The van der Waals surface area contributed by atoms with Crippen molar-refractivity contribution in [3.8, 4) is 5.75 Å². The lowest BCUT2D eigenvalue weighted by Gasteiger charge is -2.32. The Morgan fingerprint density at radius 2 is 1.89 bits per heavy atom. The number of aromatic nitrogens is 4. The summed E-state index contributed by atoms with van der Waals surface area (Å²) in [6.45, 7) is 3.93. The van der Waals surface area contributed by atoms with E-state index in [1.807, 2.05) is 43.3 Å². The number of nitrogens with one attached hydrogen (secondary N) is 3. The number of aromatic amines is 1. The van der Waals surface area contributed by atoms with Gasteiger partial charge in [0.25, 0.3) is 5.91 Å². The second-order valence-corrected chi connectivity index (χ2v) is 9.15. The summed E-state index contributed by atoms with van der Waals surface area (Å²) in [5.74, 6) is 2.74. The predicted molar refractivity (Wildman–Crippen MR) is 150 cm³/mol. The summed E-state index contributed by atoms with van der Waals surface area (Å²) < 4.78 is 5.20. The van der Waals surface area contributed by atoms with E-state index in [2.05, 4.69) is 30.7 Å². The van der Waals surface area contributed by atoms with Crippen molar-refractivity contribution < 1.29 is 13.8 Å². The number of carbonyl (C=O) groups excluding carboxylic acids is 1. The van der Waals surface area contributed by atoms with Gasteiger partial charge in [-0.25, -0.2) is 9.97 Å². The van der Waals surface area contributed by atoms with Crippen LogP contribution in [0.15, 0.2) is 70.7 Å². The molecule has 36 heavy (non-hydrogen) atoms. The molecule has 192 valence electrons. The van der Waals surface area contributed by atoms with E-state index in [4.69, 9.17) is 9.72 Å². The molecule has 1 amide bonds. The SMILES string of the molecule is C.COc1cccc(C(=O)Nc2ccc(Sc3nc(Nc4cc(C)[nH]n4)cc(N4CCC4)n3)cc2)c1.[HH].[HH].[HH]. The van der Waals surface area contributed by atoms with E-state index >= 15 is 0 Å². The molecule has 0 bridgehead atoms. The van der Waals surface area contributed by atoms with Crippen LogP contribution < -0.4 is 20.3 Å². The van der Waals surface area contributed by atoms with Crippen LogP contribution in [-0.2, 0) is 0 Å². The van der Waals surface area contributed by atoms with Gasteiger partial charge < -0.3 is 20.3 Å². The fourth-order valence-electron chi connectivity index (χ4n) is 3.52. The lowest BCUT2D eigenvalue weighted by Crippen LogP contribution is -2.37. The summed E-state index contributed by atoms with van der Waals surface area (Å²) in [4.78, 5) is 25.2. The van der Waals surface area contributed by atoms with E-state index in [1.54, 1.807) is 31.4 Å². The molecule has 1 fully saturated rings. The first kappa shape index (κ1) is 25.1. The summed E-state index contributed by atoms with van der Waals surface area (Å²) in [6, 6.07) is 18.5. The molecule has 1 aliphatic heterocycles. The van der Waals surface area contributed by atoms with Gasteiger partial charge in [-0.15, -0.1) is 0 Å². The first-order valence-electron chi connectivity index (χ1n) is 11.2. The Hall–Kier alpha value is -4.05. The van der Waals surface area contributed by atoms with Gasteiger partial charge in [-0.3, -0.25) is 9.89 Å². The number of hydrogen-bond acceptors (Lipinski definition) is 8. The molecule has 1 saturated heterocycles. The summed E-state index contributed by atoms with van der Waals surface area (Å²) in [7, 11) is 1.58. The summed E-state index contributed by atoms with van der Waals surface area (Å²) in [5, 5.41) is 14.0. The first-order chi connectivity index (χ1) is 17.1. The lowest BCUT2D eigenvalue weighted by molar-refractivity contribution is 0.102. The number of nitrogens with zero attached hydrogens (tertiary/aromatic N) is 4.